The molecule has 2 aromatic heterocycles. The molecule has 2 heterocycles. The van der Waals surface area contributed by atoms with Gasteiger partial charge in [0.1, 0.15) is 10.9 Å². The fourth-order valence-corrected chi connectivity index (χ4v) is 3.07. The molecule has 3 nitrogen and oxygen atoms in total. The van der Waals surface area contributed by atoms with Crippen LogP contribution in [0.2, 0.25) is 5.15 Å². The van der Waals surface area contributed by atoms with Crippen LogP contribution in [0, 0.1) is 13.8 Å². The molecule has 0 saturated carbocycles. The number of rotatable bonds is 1. The number of phenolic OH excluding ortho intramolecular Hbond substituents is 1. The van der Waals surface area contributed by atoms with Crippen molar-refractivity contribution in [3.8, 4) is 16.5 Å². The number of halogens is 1. The molecular weight excluding hydrogens is 280 g/mol. The number of nitrogens with zero attached hydrogens (tertiary/aromatic N) is 2. The number of thiophene rings is 1. The smallest absolute Gasteiger partial charge is 0.171 e. The van der Waals surface area contributed by atoms with Crippen LogP contribution in [0.15, 0.2) is 24.3 Å². The zero-order valence-electron chi connectivity index (χ0n) is 10.4. The van der Waals surface area contributed by atoms with Gasteiger partial charge in [-0.1, -0.05) is 11.6 Å². The molecule has 0 fully saturated rings. The molecule has 3 aromatic rings. The van der Waals surface area contributed by atoms with E-state index in [1.54, 1.807) is 29.5 Å². The van der Waals surface area contributed by atoms with E-state index < -0.39 is 0 Å². The summed E-state index contributed by atoms with van der Waals surface area (Å²) < 4.78 is 0. The number of fused-ring (bicyclic) bond motifs is 1. The maximum atomic E-state index is 9.47. The number of aromatic nitrogens is 2. The topological polar surface area (TPSA) is 46.0 Å². The number of phenols is 1. The average molecular weight is 291 g/mol. The Morgan fingerprint density at radius 1 is 1.16 bits per heavy atom. The molecule has 0 spiro atoms. The second-order valence-corrected chi connectivity index (χ2v) is 6.00. The van der Waals surface area contributed by atoms with Gasteiger partial charge in [-0.05, 0) is 43.7 Å². The molecule has 19 heavy (non-hydrogen) atoms. The molecule has 0 aliphatic rings. The van der Waals surface area contributed by atoms with Crippen LogP contribution in [-0.4, -0.2) is 15.1 Å². The lowest BCUT2D eigenvalue weighted by Gasteiger charge is -2.03. The Labute approximate surface area is 119 Å². The molecule has 0 radical (unpaired) electrons. The number of benzene rings is 1. The van der Waals surface area contributed by atoms with Crippen molar-refractivity contribution < 1.29 is 5.11 Å². The maximum Gasteiger partial charge on any atom is 0.171 e. The first-order chi connectivity index (χ1) is 9.04. The molecule has 0 amide bonds. The lowest BCUT2D eigenvalue weighted by molar-refractivity contribution is 0.476. The minimum Gasteiger partial charge on any atom is -0.508 e. The third-order valence-corrected chi connectivity index (χ3v) is 4.46. The monoisotopic (exact) mass is 290 g/mol. The normalized spacial score (nSPS) is 11.1. The fourth-order valence-electron chi connectivity index (χ4n) is 1.87. The van der Waals surface area contributed by atoms with Crippen molar-refractivity contribution in [1.29, 1.82) is 0 Å². The van der Waals surface area contributed by atoms with Crippen molar-refractivity contribution in [3.63, 3.8) is 0 Å². The molecule has 3 rings (SSSR count). The molecular formula is C14H11ClN2OS. The minimum absolute atomic E-state index is 0.161. The van der Waals surface area contributed by atoms with Gasteiger partial charge >= 0.3 is 0 Å². The van der Waals surface area contributed by atoms with E-state index >= 15 is 0 Å². The Bertz CT molecular complexity index is 763. The fraction of sp³-hybridized carbons (Fsp3) is 0.143. The highest BCUT2D eigenvalue weighted by atomic mass is 35.5. The van der Waals surface area contributed by atoms with Crippen molar-refractivity contribution in [2.45, 2.75) is 13.8 Å². The number of aryl methyl sites for hydroxylation is 2. The van der Waals surface area contributed by atoms with Crippen LogP contribution >= 0.6 is 22.9 Å². The van der Waals surface area contributed by atoms with Gasteiger partial charge in [-0.25, -0.2) is 9.97 Å². The highest BCUT2D eigenvalue weighted by Gasteiger charge is 2.11. The van der Waals surface area contributed by atoms with E-state index in [9.17, 15) is 5.11 Å². The summed E-state index contributed by atoms with van der Waals surface area (Å²) in [5.41, 5.74) is 1.96. The Hall–Kier alpha value is -1.65. The van der Waals surface area contributed by atoms with E-state index in [-0.39, 0.29) is 5.75 Å². The van der Waals surface area contributed by atoms with Crippen LogP contribution in [0.4, 0.5) is 0 Å². The minimum atomic E-state index is 0.161. The zero-order chi connectivity index (χ0) is 13.6. The third-order valence-electron chi connectivity index (χ3n) is 3.02. The first-order valence-corrected chi connectivity index (χ1v) is 6.98. The van der Waals surface area contributed by atoms with Crippen LogP contribution in [0.25, 0.3) is 21.6 Å². The Morgan fingerprint density at radius 2 is 1.95 bits per heavy atom. The second kappa shape index (κ2) is 4.47. The lowest BCUT2D eigenvalue weighted by atomic mass is 10.2. The summed E-state index contributed by atoms with van der Waals surface area (Å²) in [5, 5.41) is 10.5. The van der Waals surface area contributed by atoms with Crippen molar-refractivity contribution >= 4 is 33.8 Å². The van der Waals surface area contributed by atoms with Crippen molar-refractivity contribution in [3.05, 3.63) is 39.9 Å². The Morgan fingerprint density at radius 3 is 2.63 bits per heavy atom. The maximum absolute atomic E-state index is 9.47. The zero-order valence-corrected chi connectivity index (χ0v) is 12.0. The Balaban J connectivity index is 2.23. The highest BCUT2D eigenvalue weighted by molar-refractivity contribution is 7.15. The summed E-state index contributed by atoms with van der Waals surface area (Å²) in [7, 11) is 0. The van der Waals surface area contributed by atoms with Gasteiger partial charge < -0.3 is 5.11 Å². The summed E-state index contributed by atoms with van der Waals surface area (Å²) in [5.74, 6) is 0.790. The van der Waals surface area contributed by atoms with E-state index in [1.165, 1.54) is 10.4 Å². The quantitative estimate of drug-likeness (QED) is 0.678. The molecule has 0 unspecified atom stereocenters. The van der Waals surface area contributed by atoms with Gasteiger partial charge in [0.15, 0.2) is 5.82 Å². The summed E-state index contributed by atoms with van der Waals surface area (Å²) >= 11 is 7.83. The van der Waals surface area contributed by atoms with Gasteiger partial charge in [0, 0.05) is 10.3 Å². The summed E-state index contributed by atoms with van der Waals surface area (Å²) in [4.78, 5) is 11.1. The molecule has 0 atom stereocenters. The van der Waals surface area contributed by atoms with Crippen molar-refractivity contribution in [2.75, 3.05) is 0 Å². The summed E-state index contributed by atoms with van der Waals surface area (Å²) in [6.07, 6.45) is 0. The molecule has 5 heteroatoms. The van der Waals surface area contributed by atoms with Gasteiger partial charge in [-0.3, -0.25) is 0 Å². The molecule has 96 valence electrons. The first kappa shape index (κ1) is 12.4. The van der Waals surface area contributed by atoms with E-state index in [1.807, 2.05) is 0 Å². The highest BCUT2D eigenvalue weighted by Crippen LogP contribution is 2.32. The number of hydrogen-bond donors (Lipinski definition) is 1. The molecule has 0 bridgehead atoms. The van der Waals surface area contributed by atoms with Gasteiger partial charge in [-0.2, -0.15) is 0 Å². The van der Waals surface area contributed by atoms with Gasteiger partial charge in [0.2, 0.25) is 0 Å². The second-order valence-electron chi connectivity index (χ2n) is 4.39. The SMILES string of the molecule is Cc1cc(-c2nc(Cl)c3cc(O)ccc3n2)sc1C. The number of aromatic hydroxyl groups is 1. The van der Waals surface area contributed by atoms with Crippen LogP contribution in [0.1, 0.15) is 10.4 Å². The van der Waals surface area contributed by atoms with Crippen LogP contribution in [0.3, 0.4) is 0 Å². The van der Waals surface area contributed by atoms with Gasteiger partial charge in [-0.15, -0.1) is 11.3 Å². The van der Waals surface area contributed by atoms with Crippen LogP contribution in [0.5, 0.6) is 5.75 Å². The average Bonchev–Trinajstić information content (AvgIpc) is 2.70. The van der Waals surface area contributed by atoms with Gasteiger partial charge in [0.25, 0.3) is 0 Å². The first-order valence-electron chi connectivity index (χ1n) is 5.78. The van der Waals surface area contributed by atoms with Crippen molar-refractivity contribution in [2.24, 2.45) is 0 Å². The largest absolute Gasteiger partial charge is 0.508 e. The van der Waals surface area contributed by atoms with E-state index in [0.29, 0.717) is 16.4 Å². The third kappa shape index (κ3) is 2.17. The lowest BCUT2D eigenvalue weighted by Crippen LogP contribution is -1.90. The summed E-state index contributed by atoms with van der Waals surface area (Å²) in [6, 6.07) is 6.99. The van der Waals surface area contributed by atoms with E-state index in [0.717, 1.165) is 10.4 Å². The van der Waals surface area contributed by atoms with Crippen LogP contribution < -0.4 is 0 Å². The van der Waals surface area contributed by atoms with E-state index in [4.69, 9.17) is 11.6 Å². The molecule has 1 N–H and O–H groups in total. The summed E-state index contributed by atoms with van der Waals surface area (Å²) in [6.45, 7) is 4.14. The molecule has 0 aliphatic heterocycles. The number of hydrogen-bond acceptors (Lipinski definition) is 4. The molecule has 1 aromatic carbocycles. The predicted octanol–water partition coefficient (Wildman–Crippen LogP) is 4.33. The molecule has 0 aliphatic carbocycles. The van der Waals surface area contributed by atoms with E-state index in [2.05, 4.69) is 29.9 Å². The Kier molecular flexibility index (Phi) is 2.92. The molecule has 0 saturated heterocycles. The standard InChI is InChI=1S/C14H11ClN2OS/c1-7-5-12(19-8(7)2)14-16-11-4-3-9(18)6-10(11)13(15)17-14/h3-6,18H,1-2H3. The van der Waals surface area contributed by atoms with Gasteiger partial charge in [0.05, 0.1) is 10.4 Å². The van der Waals surface area contributed by atoms with Crippen LogP contribution in [-0.2, 0) is 0 Å². The van der Waals surface area contributed by atoms with Crippen molar-refractivity contribution in [1.82, 2.24) is 9.97 Å². The predicted molar refractivity (Wildman–Crippen MR) is 79.0 cm³/mol.